The van der Waals surface area contributed by atoms with E-state index in [1.165, 1.54) is 0 Å². The summed E-state index contributed by atoms with van der Waals surface area (Å²) < 4.78 is 5.82. The van der Waals surface area contributed by atoms with Gasteiger partial charge in [0.2, 0.25) is 0 Å². The van der Waals surface area contributed by atoms with E-state index in [0.29, 0.717) is 17.9 Å². The quantitative estimate of drug-likeness (QED) is 0.942. The number of rotatable bonds is 4. The third-order valence-corrected chi connectivity index (χ3v) is 3.87. The second kappa shape index (κ2) is 6.62. The SMILES string of the molecule is NCc1ccc(Oc2cccc(C(=O)N3CCCC3)c2)cc1. The molecule has 0 aliphatic carbocycles. The van der Waals surface area contributed by atoms with Crippen molar-refractivity contribution >= 4 is 5.91 Å². The summed E-state index contributed by atoms with van der Waals surface area (Å²) in [5.41, 5.74) is 7.32. The smallest absolute Gasteiger partial charge is 0.253 e. The van der Waals surface area contributed by atoms with E-state index in [4.69, 9.17) is 10.5 Å². The predicted octanol–water partition coefficient (Wildman–Crippen LogP) is 3.17. The van der Waals surface area contributed by atoms with Crippen molar-refractivity contribution in [2.24, 2.45) is 5.73 Å². The summed E-state index contributed by atoms with van der Waals surface area (Å²) in [4.78, 5) is 14.3. The molecule has 0 atom stereocenters. The molecule has 1 aliphatic rings. The molecule has 22 heavy (non-hydrogen) atoms. The Hall–Kier alpha value is -2.33. The summed E-state index contributed by atoms with van der Waals surface area (Å²) in [6.07, 6.45) is 2.19. The van der Waals surface area contributed by atoms with Gasteiger partial charge in [-0.05, 0) is 48.7 Å². The second-order valence-electron chi connectivity index (χ2n) is 5.48. The first-order valence-corrected chi connectivity index (χ1v) is 7.62. The van der Waals surface area contributed by atoms with Gasteiger partial charge in [-0.2, -0.15) is 0 Å². The molecule has 0 aromatic heterocycles. The number of nitrogens with zero attached hydrogens (tertiary/aromatic N) is 1. The van der Waals surface area contributed by atoms with Crippen molar-refractivity contribution in [3.8, 4) is 11.5 Å². The second-order valence-corrected chi connectivity index (χ2v) is 5.48. The number of carbonyl (C=O) groups is 1. The molecule has 0 spiro atoms. The lowest BCUT2D eigenvalue weighted by molar-refractivity contribution is 0.0792. The van der Waals surface area contributed by atoms with Gasteiger partial charge in [0.1, 0.15) is 11.5 Å². The largest absolute Gasteiger partial charge is 0.457 e. The van der Waals surface area contributed by atoms with Crippen LogP contribution in [0.1, 0.15) is 28.8 Å². The van der Waals surface area contributed by atoms with Crippen LogP contribution in [0.25, 0.3) is 0 Å². The maximum absolute atomic E-state index is 12.4. The summed E-state index contributed by atoms with van der Waals surface area (Å²) in [5, 5.41) is 0. The van der Waals surface area contributed by atoms with Crippen molar-refractivity contribution in [2.75, 3.05) is 13.1 Å². The Bertz CT molecular complexity index is 646. The van der Waals surface area contributed by atoms with Gasteiger partial charge in [0.05, 0.1) is 0 Å². The molecular weight excluding hydrogens is 276 g/mol. The highest BCUT2D eigenvalue weighted by molar-refractivity contribution is 5.94. The molecule has 2 aromatic rings. The molecular formula is C18H20N2O2. The van der Waals surface area contributed by atoms with Gasteiger partial charge in [0, 0.05) is 25.2 Å². The van der Waals surface area contributed by atoms with Crippen LogP contribution in [0.3, 0.4) is 0 Å². The predicted molar refractivity (Wildman–Crippen MR) is 86.0 cm³/mol. The van der Waals surface area contributed by atoms with Gasteiger partial charge in [-0.3, -0.25) is 4.79 Å². The van der Waals surface area contributed by atoms with E-state index < -0.39 is 0 Å². The minimum absolute atomic E-state index is 0.0847. The Labute approximate surface area is 130 Å². The number of amides is 1. The molecule has 4 heteroatoms. The summed E-state index contributed by atoms with van der Waals surface area (Å²) in [6.45, 7) is 2.22. The van der Waals surface area contributed by atoms with Crippen LogP contribution >= 0.6 is 0 Å². The molecule has 1 aliphatic heterocycles. The molecule has 114 valence electrons. The van der Waals surface area contributed by atoms with E-state index in [-0.39, 0.29) is 5.91 Å². The maximum atomic E-state index is 12.4. The fourth-order valence-electron chi connectivity index (χ4n) is 2.63. The fourth-order valence-corrected chi connectivity index (χ4v) is 2.63. The van der Waals surface area contributed by atoms with Crippen molar-refractivity contribution in [3.05, 3.63) is 59.7 Å². The summed E-state index contributed by atoms with van der Waals surface area (Å²) >= 11 is 0. The van der Waals surface area contributed by atoms with Gasteiger partial charge in [-0.15, -0.1) is 0 Å². The standard InChI is InChI=1S/C18H20N2O2/c19-13-14-6-8-16(9-7-14)22-17-5-3-4-15(12-17)18(21)20-10-1-2-11-20/h3-9,12H,1-2,10-11,13,19H2. The first kappa shape index (κ1) is 14.6. The van der Waals surface area contributed by atoms with Crippen molar-refractivity contribution in [3.63, 3.8) is 0 Å². The van der Waals surface area contributed by atoms with Gasteiger partial charge in [0.15, 0.2) is 0 Å². The number of nitrogens with two attached hydrogens (primary N) is 1. The first-order valence-electron chi connectivity index (χ1n) is 7.62. The number of hydrogen-bond donors (Lipinski definition) is 1. The van der Waals surface area contributed by atoms with Crippen molar-refractivity contribution in [1.29, 1.82) is 0 Å². The monoisotopic (exact) mass is 296 g/mol. The van der Waals surface area contributed by atoms with E-state index in [2.05, 4.69) is 0 Å². The van der Waals surface area contributed by atoms with E-state index in [0.717, 1.165) is 37.2 Å². The van der Waals surface area contributed by atoms with Crippen molar-refractivity contribution in [1.82, 2.24) is 4.90 Å². The lowest BCUT2D eigenvalue weighted by atomic mass is 10.2. The Morgan fingerprint density at radius 1 is 1.05 bits per heavy atom. The highest BCUT2D eigenvalue weighted by Gasteiger charge is 2.19. The van der Waals surface area contributed by atoms with Gasteiger partial charge in [-0.25, -0.2) is 0 Å². The molecule has 0 unspecified atom stereocenters. The molecule has 0 bridgehead atoms. The maximum Gasteiger partial charge on any atom is 0.253 e. The molecule has 0 radical (unpaired) electrons. The molecule has 4 nitrogen and oxygen atoms in total. The molecule has 0 saturated carbocycles. The van der Waals surface area contributed by atoms with Gasteiger partial charge < -0.3 is 15.4 Å². The van der Waals surface area contributed by atoms with Crippen LogP contribution in [0.5, 0.6) is 11.5 Å². The number of ether oxygens (including phenoxy) is 1. The highest BCUT2D eigenvalue weighted by Crippen LogP contribution is 2.23. The molecule has 1 fully saturated rings. The molecule has 2 aromatic carbocycles. The van der Waals surface area contributed by atoms with Crippen LogP contribution < -0.4 is 10.5 Å². The van der Waals surface area contributed by atoms with Crippen molar-refractivity contribution in [2.45, 2.75) is 19.4 Å². The third-order valence-electron chi connectivity index (χ3n) is 3.87. The Morgan fingerprint density at radius 2 is 1.77 bits per heavy atom. The minimum Gasteiger partial charge on any atom is -0.457 e. The van der Waals surface area contributed by atoms with Crippen molar-refractivity contribution < 1.29 is 9.53 Å². The van der Waals surface area contributed by atoms with Crippen LogP contribution in [-0.2, 0) is 6.54 Å². The molecule has 1 saturated heterocycles. The van der Waals surface area contributed by atoms with E-state index in [1.807, 2.05) is 47.4 Å². The van der Waals surface area contributed by atoms with E-state index >= 15 is 0 Å². The summed E-state index contributed by atoms with van der Waals surface area (Å²) in [6, 6.07) is 15.0. The van der Waals surface area contributed by atoms with Gasteiger partial charge in [-0.1, -0.05) is 18.2 Å². The molecule has 1 heterocycles. The van der Waals surface area contributed by atoms with Crippen LogP contribution in [0, 0.1) is 0 Å². The fraction of sp³-hybridized carbons (Fsp3) is 0.278. The Kier molecular flexibility index (Phi) is 4.39. The Morgan fingerprint density at radius 3 is 2.45 bits per heavy atom. The van der Waals surface area contributed by atoms with E-state index in [1.54, 1.807) is 6.07 Å². The molecule has 2 N–H and O–H groups in total. The third kappa shape index (κ3) is 3.28. The average Bonchev–Trinajstić information content (AvgIpc) is 3.09. The first-order chi connectivity index (χ1) is 10.8. The van der Waals surface area contributed by atoms with Gasteiger partial charge >= 0.3 is 0 Å². The lowest BCUT2D eigenvalue weighted by Gasteiger charge is -2.15. The molecule has 3 rings (SSSR count). The van der Waals surface area contributed by atoms with Gasteiger partial charge in [0.25, 0.3) is 5.91 Å². The van der Waals surface area contributed by atoms with Crippen LogP contribution in [0.4, 0.5) is 0 Å². The van der Waals surface area contributed by atoms with Crippen LogP contribution in [-0.4, -0.2) is 23.9 Å². The average molecular weight is 296 g/mol. The zero-order valence-corrected chi connectivity index (χ0v) is 12.5. The summed E-state index contributed by atoms with van der Waals surface area (Å²) in [7, 11) is 0. The number of hydrogen-bond acceptors (Lipinski definition) is 3. The minimum atomic E-state index is 0.0847. The van der Waals surface area contributed by atoms with Crippen LogP contribution in [0.15, 0.2) is 48.5 Å². The van der Waals surface area contributed by atoms with E-state index in [9.17, 15) is 4.79 Å². The zero-order chi connectivity index (χ0) is 15.4. The number of likely N-dealkylation sites (tertiary alicyclic amines) is 1. The summed E-state index contributed by atoms with van der Waals surface area (Å²) in [5.74, 6) is 1.50. The normalized spacial score (nSPS) is 14.1. The Balaban J connectivity index is 1.74. The number of carbonyl (C=O) groups excluding carboxylic acids is 1. The lowest BCUT2D eigenvalue weighted by Crippen LogP contribution is -2.27. The number of benzene rings is 2. The highest BCUT2D eigenvalue weighted by atomic mass is 16.5. The van der Waals surface area contributed by atoms with Crippen LogP contribution in [0.2, 0.25) is 0 Å². The topological polar surface area (TPSA) is 55.6 Å². The molecule has 1 amide bonds. The zero-order valence-electron chi connectivity index (χ0n) is 12.5.